The van der Waals surface area contributed by atoms with Crippen molar-refractivity contribution in [2.24, 2.45) is 0 Å². The van der Waals surface area contributed by atoms with Gasteiger partial charge in [0.2, 0.25) is 0 Å². The molecule has 0 unspecified atom stereocenters. The van der Waals surface area contributed by atoms with Crippen LogP contribution in [-0.2, 0) is 0 Å². The van der Waals surface area contributed by atoms with Gasteiger partial charge in [-0.3, -0.25) is 0 Å². The molecule has 3 nitrogen and oxygen atoms in total. The van der Waals surface area contributed by atoms with Crippen molar-refractivity contribution in [3.8, 4) is 39.3 Å². The number of nitrogens with zero attached hydrogens (tertiary/aromatic N) is 1. The highest BCUT2D eigenvalue weighted by Crippen LogP contribution is 2.51. The van der Waals surface area contributed by atoms with Crippen molar-refractivity contribution < 1.29 is 8.83 Å². The normalized spacial score (nSPS) is 12.0. The predicted molar refractivity (Wildman–Crippen MR) is 229 cm³/mol. The van der Waals surface area contributed by atoms with E-state index in [9.17, 15) is 0 Å². The van der Waals surface area contributed by atoms with Crippen LogP contribution in [0.3, 0.4) is 0 Å². The van der Waals surface area contributed by atoms with E-state index in [0.717, 1.165) is 71.8 Å². The molecule has 0 aliphatic rings. The largest absolute Gasteiger partial charge is 0.452 e. The highest BCUT2D eigenvalue weighted by atomic mass is 16.4. The number of rotatable bonds is 4. The van der Waals surface area contributed by atoms with Gasteiger partial charge in [0.1, 0.15) is 11.3 Å². The highest BCUT2D eigenvalue weighted by Gasteiger charge is 2.26. The minimum Gasteiger partial charge on any atom is -0.452 e. The van der Waals surface area contributed by atoms with E-state index in [1.807, 2.05) is 12.1 Å². The maximum Gasteiger partial charge on any atom is 0.178 e. The van der Waals surface area contributed by atoms with Crippen molar-refractivity contribution in [2.75, 3.05) is 0 Å². The van der Waals surface area contributed by atoms with Gasteiger partial charge in [-0.25, -0.2) is 0 Å². The third-order valence-corrected chi connectivity index (χ3v) is 11.4. The molecule has 0 spiro atoms. The number of furan rings is 2. The van der Waals surface area contributed by atoms with Gasteiger partial charge in [-0.1, -0.05) is 146 Å². The molecule has 0 bridgehead atoms. The van der Waals surface area contributed by atoms with Gasteiger partial charge >= 0.3 is 0 Å². The van der Waals surface area contributed by atoms with Crippen LogP contribution in [0.1, 0.15) is 0 Å². The van der Waals surface area contributed by atoms with Crippen molar-refractivity contribution in [1.82, 2.24) is 4.57 Å². The second-order valence-electron chi connectivity index (χ2n) is 14.4. The fraction of sp³-hybridized carbons (Fsp3) is 0. The molecule has 55 heavy (non-hydrogen) atoms. The van der Waals surface area contributed by atoms with Crippen LogP contribution in [0, 0.1) is 0 Å². The smallest absolute Gasteiger partial charge is 0.178 e. The fourth-order valence-corrected chi connectivity index (χ4v) is 9.07. The average molecular weight is 702 g/mol. The first-order valence-corrected chi connectivity index (χ1v) is 18.8. The lowest BCUT2D eigenvalue weighted by Crippen LogP contribution is -1.94. The Hall–Kier alpha value is -7.36. The maximum absolute atomic E-state index is 7.20. The summed E-state index contributed by atoms with van der Waals surface area (Å²) in [5, 5.41) is 10.3. The van der Waals surface area contributed by atoms with E-state index in [1.165, 1.54) is 43.7 Å². The summed E-state index contributed by atoms with van der Waals surface area (Å²) in [6, 6.07) is 67.2. The molecule has 3 aromatic heterocycles. The van der Waals surface area contributed by atoms with Crippen LogP contribution in [0.5, 0.6) is 0 Å². The minimum absolute atomic E-state index is 0.763. The van der Waals surface area contributed by atoms with Crippen molar-refractivity contribution in [2.45, 2.75) is 0 Å². The molecule has 0 radical (unpaired) electrons. The Balaban J connectivity index is 1.19. The molecule has 0 aliphatic heterocycles. The van der Waals surface area contributed by atoms with Gasteiger partial charge in [0.15, 0.2) is 11.2 Å². The van der Waals surface area contributed by atoms with E-state index in [4.69, 9.17) is 8.83 Å². The third kappa shape index (κ3) is 4.32. The molecule has 3 heteroatoms. The fourth-order valence-electron chi connectivity index (χ4n) is 9.07. The lowest BCUT2D eigenvalue weighted by atomic mass is 9.86. The van der Waals surface area contributed by atoms with E-state index >= 15 is 0 Å². The van der Waals surface area contributed by atoms with Gasteiger partial charge in [0, 0.05) is 43.7 Å². The Labute approximate surface area is 315 Å². The monoisotopic (exact) mass is 701 g/mol. The first-order valence-electron chi connectivity index (χ1n) is 18.8. The Morgan fingerprint density at radius 1 is 0.309 bits per heavy atom. The van der Waals surface area contributed by atoms with Crippen LogP contribution in [0.15, 0.2) is 197 Å². The molecule has 256 valence electrons. The second-order valence-corrected chi connectivity index (χ2v) is 14.4. The van der Waals surface area contributed by atoms with Crippen molar-refractivity contribution in [3.05, 3.63) is 188 Å². The standard InChI is InChI=1S/C52H31NO2/c1-3-15-32(16-4-1)48-43-30-29-42-37-20-12-14-26-46(37)54-50(42)51(43)55-52(48)49-40-23-9-7-21-38(40)47(39-22-8-10-24-41(39)49)33-27-28-36-35-19-11-13-25-44(35)53(45(36)31-33)34-17-5-2-6-18-34/h1-31H. The Morgan fingerprint density at radius 2 is 0.836 bits per heavy atom. The lowest BCUT2D eigenvalue weighted by Gasteiger charge is -2.17. The SMILES string of the molecule is c1ccc(-c2c(-c3c4ccccc4c(-c4ccc5c6ccccc6n(-c6ccccc6)c5c4)c4ccccc34)oc3c2ccc2c4ccccc4oc23)cc1. The van der Waals surface area contributed by atoms with Crippen LogP contribution in [-0.4, -0.2) is 4.57 Å². The summed E-state index contributed by atoms with van der Waals surface area (Å²) >= 11 is 0. The third-order valence-electron chi connectivity index (χ3n) is 11.4. The molecule has 0 N–H and O–H groups in total. The number of benzene rings is 9. The summed E-state index contributed by atoms with van der Waals surface area (Å²) in [4.78, 5) is 0. The first kappa shape index (κ1) is 30.1. The van der Waals surface area contributed by atoms with Gasteiger partial charge in [-0.15, -0.1) is 0 Å². The van der Waals surface area contributed by atoms with Gasteiger partial charge in [-0.2, -0.15) is 0 Å². The van der Waals surface area contributed by atoms with Crippen LogP contribution in [0.25, 0.3) is 116 Å². The zero-order chi connectivity index (χ0) is 36.0. The zero-order valence-corrected chi connectivity index (χ0v) is 29.7. The molecule has 3 heterocycles. The number of hydrogen-bond acceptors (Lipinski definition) is 2. The zero-order valence-electron chi connectivity index (χ0n) is 29.7. The van der Waals surface area contributed by atoms with Crippen LogP contribution < -0.4 is 0 Å². The average Bonchev–Trinajstić information content (AvgIpc) is 3.93. The number of aromatic nitrogens is 1. The number of fused-ring (bicyclic) bond motifs is 10. The van der Waals surface area contributed by atoms with E-state index in [0.29, 0.717) is 0 Å². The van der Waals surface area contributed by atoms with E-state index < -0.39 is 0 Å². The molecule has 0 saturated heterocycles. The summed E-state index contributed by atoms with van der Waals surface area (Å²) in [6.45, 7) is 0. The summed E-state index contributed by atoms with van der Waals surface area (Å²) in [5.74, 6) is 0.841. The molecule has 12 aromatic rings. The van der Waals surface area contributed by atoms with E-state index in [1.54, 1.807) is 0 Å². The molecule has 0 fully saturated rings. The molecule has 9 aromatic carbocycles. The van der Waals surface area contributed by atoms with Crippen LogP contribution >= 0.6 is 0 Å². The minimum atomic E-state index is 0.763. The summed E-state index contributed by atoms with van der Waals surface area (Å²) in [7, 11) is 0. The second kappa shape index (κ2) is 11.6. The Morgan fingerprint density at radius 3 is 1.56 bits per heavy atom. The predicted octanol–water partition coefficient (Wildman–Crippen LogP) is 14.7. The summed E-state index contributed by atoms with van der Waals surface area (Å²) in [5.41, 5.74) is 11.5. The van der Waals surface area contributed by atoms with Crippen LogP contribution in [0.2, 0.25) is 0 Å². The lowest BCUT2D eigenvalue weighted by molar-refractivity contribution is 0.613. The maximum atomic E-state index is 7.20. The van der Waals surface area contributed by atoms with Crippen molar-refractivity contribution in [3.63, 3.8) is 0 Å². The molecule has 0 amide bonds. The Bertz CT molecular complexity index is 3420. The topological polar surface area (TPSA) is 31.2 Å². The number of hydrogen-bond donors (Lipinski definition) is 0. The molecule has 0 saturated carbocycles. The Kier molecular flexibility index (Phi) is 6.34. The van der Waals surface area contributed by atoms with Gasteiger partial charge in [0.25, 0.3) is 0 Å². The van der Waals surface area contributed by atoms with Crippen molar-refractivity contribution >= 4 is 76.3 Å². The number of para-hydroxylation sites is 3. The molecule has 0 atom stereocenters. The molecule has 0 aliphatic carbocycles. The van der Waals surface area contributed by atoms with Crippen molar-refractivity contribution in [1.29, 1.82) is 0 Å². The van der Waals surface area contributed by atoms with E-state index in [-0.39, 0.29) is 0 Å². The molecule has 12 rings (SSSR count). The molecular formula is C52H31NO2. The van der Waals surface area contributed by atoms with E-state index in [2.05, 4.69) is 180 Å². The quantitative estimate of drug-likeness (QED) is 0.171. The van der Waals surface area contributed by atoms with Gasteiger partial charge in [-0.05, 0) is 80.7 Å². The highest BCUT2D eigenvalue weighted by molar-refractivity contribution is 6.25. The molecular weight excluding hydrogens is 671 g/mol. The summed E-state index contributed by atoms with van der Waals surface area (Å²) < 4.78 is 16.2. The summed E-state index contributed by atoms with van der Waals surface area (Å²) in [6.07, 6.45) is 0. The van der Waals surface area contributed by atoms with Gasteiger partial charge in [0.05, 0.1) is 11.0 Å². The van der Waals surface area contributed by atoms with Gasteiger partial charge < -0.3 is 13.4 Å². The first-order chi connectivity index (χ1) is 27.3. The van der Waals surface area contributed by atoms with Crippen LogP contribution in [0.4, 0.5) is 0 Å².